The SMILES string of the molecule is CS(=O)(=O)c1ccc(/C(COC(=O)Oc2cccc(CBr)c2)=C(/C(=O)O)c2ccccc2)cc1. The Hall–Kier alpha value is -3.43. The third-order valence-corrected chi connectivity index (χ3v) is 6.57. The van der Waals surface area contributed by atoms with E-state index in [1.54, 1.807) is 48.5 Å². The lowest BCUT2D eigenvalue weighted by Crippen LogP contribution is -2.15. The van der Waals surface area contributed by atoms with E-state index in [4.69, 9.17) is 9.47 Å². The van der Waals surface area contributed by atoms with Crippen molar-refractivity contribution in [3.05, 3.63) is 95.6 Å². The fraction of sp³-hybridized carbons (Fsp3) is 0.120. The van der Waals surface area contributed by atoms with Crippen LogP contribution in [-0.4, -0.2) is 38.5 Å². The summed E-state index contributed by atoms with van der Waals surface area (Å²) in [4.78, 5) is 24.7. The first-order valence-electron chi connectivity index (χ1n) is 10.0. The van der Waals surface area contributed by atoms with Gasteiger partial charge in [0, 0.05) is 17.2 Å². The number of halogens is 1. The molecule has 3 rings (SSSR count). The van der Waals surface area contributed by atoms with Crippen molar-refractivity contribution >= 4 is 49.0 Å². The highest BCUT2D eigenvalue weighted by Gasteiger charge is 2.21. The summed E-state index contributed by atoms with van der Waals surface area (Å²) >= 11 is 3.33. The maximum atomic E-state index is 12.4. The largest absolute Gasteiger partial charge is 0.514 e. The molecule has 0 spiro atoms. The van der Waals surface area contributed by atoms with E-state index in [1.807, 2.05) is 6.07 Å². The summed E-state index contributed by atoms with van der Waals surface area (Å²) in [5.41, 5.74) is 1.79. The van der Waals surface area contributed by atoms with E-state index in [0.29, 0.717) is 16.5 Å². The van der Waals surface area contributed by atoms with Gasteiger partial charge in [-0.25, -0.2) is 18.0 Å². The van der Waals surface area contributed by atoms with Crippen LogP contribution in [0.15, 0.2) is 83.8 Å². The quantitative estimate of drug-likeness (QED) is 0.136. The van der Waals surface area contributed by atoms with Crippen LogP contribution in [0.4, 0.5) is 4.79 Å². The molecule has 9 heteroatoms. The molecule has 0 bridgehead atoms. The predicted molar refractivity (Wildman–Crippen MR) is 131 cm³/mol. The van der Waals surface area contributed by atoms with E-state index >= 15 is 0 Å². The lowest BCUT2D eigenvalue weighted by molar-refractivity contribution is -0.130. The minimum absolute atomic E-state index is 0.0817. The predicted octanol–water partition coefficient (Wildman–Crippen LogP) is 5.20. The molecule has 34 heavy (non-hydrogen) atoms. The first-order chi connectivity index (χ1) is 16.2. The second-order valence-electron chi connectivity index (χ2n) is 7.24. The normalized spacial score (nSPS) is 11.9. The van der Waals surface area contributed by atoms with E-state index in [-0.39, 0.29) is 21.8 Å². The van der Waals surface area contributed by atoms with Crippen LogP contribution in [0.3, 0.4) is 0 Å². The van der Waals surface area contributed by atoms with Crippen molar-refractivity contribution in [2.45, 2.75) is 10.2 Å². The smallest absolute Gasteiger partial charge is 0.478 e. The Morgan fingerprint density at radius 1 is 0.912 bits per heavy atom. The van der Waals surface area contributed by atoms with Crippen molar-refractivity contribution in [3.63, 3.8) is 0 Å². The van der Waals surface area contributed by atoms with Gasteiger partial charge in [0.25, 0.3) is 0 Å². The van der Waals surface area contributed by atoms with Crippen molar-refractivity contribution in [3.8, 4) is 5.75 Å². The van der Waals surface area contributed by atoms with Gasteiger partial charge in [0.2, 0.25) is 0 Å². The third-order valence-electron chi connectivity index (χ3n) is 4.80. The first-order valence-corrected chi connectivity index (χ1v) is 13.0. The number of carbonyl (C=O) groups excluding carboxylic acids is 1. The van der Waals surface area contributed by atoms with Gasteiger partial charge >= 0.3 is 12.1 Å². The Labute approximate surface area is 205 Å². The summed E-state index contributed by atoms with van der Waals surface area (Å²) in [6, 6.07) is 20.9. The summed E-state index contributed by atoms with van der Waals surface area (Å²) in [5, 5.41) is 10.5. The number of aliphatic carboxylic acids is 1. The summed E-state index contributed by atoms with van der Waals surface area (Å²) in [6.45, 7) is -0.411. The number of hydrogen-bond acceptors (Lipinski definition) is 6. The summed E-state index contributed by atoms with van der Waals surface area (Å²) in [5.74, 6) is -0.943. The zero-order valence-corrected chi connectivity index (χ0v) is 20.5. The fourth-order valence-corrected chi connectivity index (χ4v) is 4.16. The molecule has 0 aliphatic carbocycles. The molecular weight excluding hydrogens is 524 g/mol. The number of carboxylic acids is 1. The highest BCUT2D eigenvalue weighted by molar-refractivity contribution is 9.08. The molecule has 0 saturated carbocycles. The Bertz CT molecular complexity index is 1310. The number of alkyl halides is 1. The van der Waals surface area contributed by atoms with E-state index in [1.165, 1.54) is 24.3 Å². The van der Waals surface area contributed by atoms with Crippen LogP contribution < -0.4 is 4.74 Å². The van der Waals surface area contributed by atoms with Gasteiger partial charge in [-0.2, -0.15) is 0 Å². The van der Waals surface area contributed by atoms with Crippen molar-refractivity contribution < 1.29 is 32.6 Å². The monoisotopic (exact) mass is 544 g/mol. The maximum absolute atomic E-state index is 12.4. The first kappa shape index (κ1) is 25.2. The molecule has 7 nitrogen and oxygen atoms in total. The molecule has 3 aromatic carbocycles. The number of hydrogen-bond donors (Lipinski definition) is 1. The van der Waals surface area contributed by atoms with Crippen LogP contribution in [-0.2, 0) is 24.7 Å². The Morgan fingerprint density at radius 3 is 2.18 bits per heavy atom. The average Bonchev–Trinajstić information content (AvgIpc) is 2.81. The second kappa shape index (κ2) is 11.1. The lowest BCUT2D eigenvalue weighted by Gasteiger charge is -2.15. The minimum Gasteiger partial charge on any atom is -0.478 e. The van der Waals surface area contributed by atoms with Gasteiger partial charge in [0.05, 0.1) is 10.5 Å². The number of benzene rings is 3. The van der Waals surface area contributed by atoms with E-state index in [2.05, 4.69) is 15.9 Å². The minimum atomic E-state index is -3.44. The Kier molecular flexibility index (Phi) is 8.25. The van der Waals surface area contributed by atoms with Crippen molar-refractivity contribution in [1.29, 1.82) is 0 Å². The molecule has 0 radical (unpaired) electrons. The summed E-state index contributed by atoms with van der Waals surface area (Å²) < 4.78 is 34.1. The van der Waals surface area contributed by atoms with Crippen LogP contribution in [0.1, 0.15) is 16.7 Å². The highest BCUT2D eigenvalue weighted by Crippen LogP contribution is 2.28. The van der Waals surface area contributed by atoms with E-state index in [0.717, 1.165) is 11.8 Å². The van der Waals surface area contributed by atoms with Gasteiger partial charge < -0.3 is 14.6 Å². The molecule has 0 atom stereocenters. The van der Waals surface area contributed by atoms with Gasteiger partial charge in [-0.3, -0.25) is 0 Å². The number of ether oxygens (including phenoxy) is 2. The summed E-state index contributed by atoms with van der Waals surface area (Å²) in [7, 11) is -3.44. The zero-order chi connectivity index (χ0) is 24.7. The number of carboxylic acid groups (broad SMARTS) is 1. The Morgan fingerprint density at radius 2 is 1.59 bits per heavy atom. The van der Waals surface area contributed by atoms with Gasteiger partial charge in [0.15, 0.2) is 9.84 Å². The zero-order valence-electron chi connectivity index (χ0n) is 18.1. The number of sulfone groups is 1. The van der Waals surface area contributed by atoms with Gasteiger partial charge in [-0.1, -0.05) is 70.5 Å². The molecule has 0 aromatic heterocycles. The average molecular weight is 545 g/mol. The van der Waals surface area contributed by atoms with E-state index in [9.17, 15) is 23.1 Å². The van der Waals surface area contributed by atoms with Crippen LogP contribution in [0, 0.1) is 0 Å². The van der Waals surface area contributed by atoms with Crippen molar-refractivity contribution in [2.24, 2.45) is 0 Å². The molecule has 0 aliphatic heterocycles. The third kappa shape index (κ3) is 6.55. The maximum Gasteiger partial charge on any atom is 0.514 e. The number of carbonyl (C=O) groups is 2. The standard InChI is InChI=1S/C25H21BrO7S/c1-34(30,31)21-12-10-18(11-13-21)22(23(24(27)28)19-7-3-2-4-8-19)16-32-25(29)33-20-9-5-6-17(14-20)15-26/h2-14H,15-16H2,1H3,(H,27,28)/b23-22+. The van der Waals surface area contributed by atoms with Gasteiger partial charge in [-0.05, 0) is 41.0 Å². The van der Waals surface area contributed by atoms with Crippen LogP contribution >= 0.6 is 15.9 Å². The second-order valence-corrected chi connectivity index (χ2v) is 9.82. The lowest BCUT2D eigenvalue weighted by atomic mass is 9.95. The molecule has 176 valence electrons. The molecule has 0 fully saturated rings. The van der Waals surface area contributed by atoms with Crippen molar-refractivity contribution in [1.82, 2.24) is 0 Å². The molecule has 1 N–H and O–H groups in total. The number of rotatable bonds is 8. The molecule has 0 saturated heterocycles. The molecule has 3 aromatic rings. The van der Waals surface area contributed by atoms with Crippen molar-refractivity contribution in [2.75, 3.05) is 12.9 Å². The summed E-state index contributed by atoms with van der Waals surface area (Å²) in [6.07, 6.45) is 0.0736. The van der Waals surface area contributed by atoms with Crippen LogP contribution in [0.25, 0.3) is 11.1 Å². The van der Waals surface area contributed by atoms with Gasteiger partial charge in [0.1, 0.15) is 12.4 Å². The molecule has 0 unspecified atom stereocenters. The molecule has 0 heterocycles. The molecule has 0 amide bonds. The van der Waals surface area contributed by atoms with Crippen LogP contribution in [0.2, 0.25) is 0 Å². The molecular formula is C25H21BrO7S. The highest BCUT2D eigenvalue weighted by atomic mass is 79.9. The topological polar surface area (TPSA) is 107 Å². The molecule has 0 aliphatic rings. The van der Waals surface area contributed by atoms with E-state index < -0.39 is 28.6 Å². The van der Waals surface area contributed by atoms with Gasteiger partial charge in [-0.15, -0.1) is 0 Å². The van der Waals surface area contributed by atoms with Crippen LogP contribution in [0.5, 0.6) is 5.75 Å². The Balaban J connectivity index is 1.96. The fourth-order valence-electron chi connectivity index (χ4n) is 3.18.